The lowest BCUT2D eigenvalue weighted by Crippen LogP contribution is -2.36. The van der Waals surface area contributed by atoms with Crippen LogP contribution in [0.1, 0.15) is 23.8 Å². The zero-order valence-electron chi connectivity index (χ0n) is 12.2. The second-order valence-electron chi connectivity index (χ2n) is 4.51. The Labute approximate surface area is 119 Å². The number of anilines is 1. The number of rotatable bonds is 8. The van der Waals surface area contributed by atoms with Crippen molar-refractivity contribution in [1.29, 1.82) is 0 Å². The van der Waals surface area contributed by atoms with Crippen molar-refractivity contribution >= 4 is 11.7 Å². The predicted octanol–water partition coefficient (Wildman–Crippen LogP) is 0.378. The van der Waals surface area contributed by atoms with Gasteiger partial charge in [-0.3, -0.25) is 9.78 Å². The van der Waals surface area contributed by atoms with Gasteiger partial charge in [-0.25, -0.2) is 4.98 Å². The van der Waals surface area contributed by atoms with E-state index in [0.717, 1.165) is 13.0 Å². The van der Waals surface area contributed by atoms with Crippen molar-refractivity contribution in [2.75, 3.05) is 39.2 Å². The number of carbonyl (C=O) groups excluding carboxylic acids is 1. The summed E-state index contributed by atoms with van der Waals surface area (Å²) in [5.41, 5.74) is 0.248. The summed E-state index contributed by atoms with van der Waals surface area (Å²) in [5.74, 6) is 0.288. The highest BCUT2D eigenvalue weighted by molar-refractivity contribution is 5.92. The zero-order valence-corrected chi connectivity index (χ0v) is 12.2. The molecule has 0 aliphatic carbocycles. The number of methoxy groups -OCH3 is 1. The maximum Gasteiger partial charge on any atom is 0.273 e. The number of aliphatic hydroxyl groups is 1. The molecule has 1 rings (SSSR count). The zero-order chi connectivity index (χ0) is 15.0. The molecule has 1 amide bonds. The predicted molar refractivity (Wildman–Crippen MR) is 75.7 cm³/mol. The van der Waals surface area contributed by atoms with Crippen LogP contribution < -0.4 is 5.32 Å². The van der Waals surface area contributed by atoms with E-state index in [1.54, 1.807) is 13.2 Å². The van der Waals surface area contributed by atoms with Gasteiger partial charge in [0, 0.05) is 27.2 Å². The van der Waals surface area contributed by atoms with Crippen molar-refractivity contribution < 1.29 is 14.6 Å². The number of carbonyl (C=O) groups is 1. The third-order valence-electron chi connectivity index (χ3n) is 2.60. The lowest BCUT2D eigenvalue weighted by atomic mass is 10.3. The first-order valence-corrected chi connectivity index (χ1v) is 6.56. The molecule has 20 heavy (non-hydrogen) atoms. The highest BCUT2D eigenvalue weighted by Gasteiger charge is 2.17. The second kappa shape index (κ2) is 8.44. The minimum Gasteiger partial charge on any atom is -0.389 e. The number of nitrogens with one attached hydrogen (secondary N) is 1. The molecular weight excluding hydrogens is 260 g/mol. The highest BCUT2D eigenvalue weighted by atomic mass is 16.5. The fraction of sp³-hybridized carbons (Fsp3) is 0.615. The van der Waals surface area contributed by atoms with Crippen LogP contribution in [0.4, 0.5) is 5.82 Å². The van der Waals surface area contributed by atoms with Gasteiger partial charge in [-0.05, 0) is 6.42 Å². The standard InChI is InChI=1S/C13H22N4O3/c1-4-5-15-12-7-14-6-11(16-12)13(19)17(2)8-10(18)9-20-3/h6-7,10,18H,4-5,8-9H2,1-3H3,(H,15,16). The van der Waals surface area contributed by atoms with Crippen LogP contribution in [0.5, 0.6) is 0 Å². The molecule has 0 aliphatic heterocycles. The topological polar surface area (TPSA) is 87.6 Å². The summed E-state index contributed by atoms with van der Waals surface area (Å²) >= 11 is 0. The Morgan fingerprint density at radius 2 is 2.30 bits per heavy atom. The lowest BCUT2D eigenvalue weighted by Gasteiger charge is -2.20. The number of aliphatic hydroxyl groups excluding tert-OH is 1. The van der Waals surface area contributed by atoms with Gasteiger partial charge in [0.15, 0.2) is 0 Å². The van der Waals surface area contributed by atoms with Crippen molar-refractivity contribution in [1.82, 2.24) is 14.9 Å². The Morgan fingerprint density at radius 1 is 1.55 bits per heavy atom. The average molecular weight is 282 g/mol. The van der Waals surface area contributed by atoms with Crippen LogP contribution in [0.3, 0.4) is 0 Å². The number of amides is 1. The quantitative estimate of drug-likeness (QED) is 0.716. The lowest BCUT2D eigenvalue weighted by molar-refractivity contribution is 0.0378. The van der Waals surface area contributed by atoms with Gasteiger partial charge >= 0.3 is 0 Å². The first kappa shape index (κ1) is 16.3. The number of aromatic nitrogens is 2. The third kappa shape index (κ3) is 5.10. The van der Waals surface area contributed by atoms with Crippen LogP contribution in [0, 0.1) is 0 Å². The average Bonchev–Trinajstić information content (AvgIpc) is 2.44. The summed E-state index contributed by atoms with van der Waals surface area (Å²) in [4.78, 5) is 21.8. The summed E-state index contributed by atoms with van der Waals surface area (Å²) in [7, 11) is 3.11. The van der Waals surface area contributed by atoms with Gasteiger partial charge in [0.1, 0.15) is 11.5 Å². The van der Waals surface area contributed by atoms with Gasteiger partial charge in [-0.15, -0.1) is 0 Å². The largest absolute Gasteiger partial charge is 0.389 e. The Kier molecular flexibility index (Phi) is 6.89. The third-order valence-corrected chi connectivity index (χ3v) is 2.60. The first-order chi connectivity index (χ1) is 9.58. The Morgan fingerprint density at radius 3 is 2.95 bits per heavy atom. The van der Waals surface area contributed by atoms with Gasteiger partial charge in [-0.2, -0.15) is 0 Å². The smallest absolute Gasteiger partial charge is 0.273 e. The molecule has 0 radical (unpaired) electrons. The Hall–Kier alpha value is -1.73. The maximum absolute atomic E-state index is 12.2. The van der Waals surface area contributed by atoms with Crippen LogP contribution in [-0.4, -0.2) is 65.8 Å². The number of hydrogen-bond acceptors (Lipinski definition) is 6. The molecule has 1 unspecified atom stereocenters. The fourth-order valence-corrected chi connectivity index (χ4v) is 1.65. The van der Waals surface area contributed by atoms with Crippen LogP contribution >= 0.6 is 0 Å². The molecule has 0 aliphatic rings. The molecule has 7 nitrogen and oxygen atoms in total. The van der Waals surface area contributed by atoms with E-state index in [9.17, 15) is 9.90 Å². The van der Waals surface area contributed by atoms with Gasteiger partial charge < -0.3 is 20.1 Å². The van der Waals surface area contributed by atoms with E-state index in [-0.39, 0.29) is 24.8 Å². The molecule has 0 saturated heterocycles. The van der Waals surface area contributed by atoms with Crippen LogP contribution in [0.25, 0.3) is 0 Å². The normalized spacial score (nSPS) is 12.0. The van der Waals surface area contributed by atoms with Crippen molar-refractivity contribution in [3.05, 3.63) is 18.1 Å². The van der Waals surface area contributed by atoms with Crippen molar-refractivity contribution in [3.63, 3.8) is 0 Å². The molecule has 7 heteroatoms. The van der Waals surface area contributed by atoms with Crippen LogP contribution in [0.15, 0.2) is 12.4 Å². The van der Waals surface area contributed by atoms with E-state index in [4.69, 9.17) is 4.74 Å². The van der Waals surface area contributed by atoms with Gasteiger partial charge in [0.05, 0.1) is 25.1 Å². The molecule has 0 bridgehead atoms. The van der Waals surface area contributed by atoms with Gasteiger partial charge in [0.25, 0.3) is 5.91 Å². The number of hydrogen-bond donors (Lipinski definition) is 2. The van der Waals surface area contributed by atoms with E-state index >= 15 is 0 Å². The molecular formula is C13H22N4O3. The molecule has 0 spiro atoms. The molecule has 1 aromatic rings. The van der Waals surface area contributed by atoms with E-state index in [0.29, 0.717) is 5.82 Å². The number of ether oxygens (including phenoxy) is 1. The SMILES string of the molecule is CCCNc1cncc(C(=O)N(C)CC(O)COC)n1. The van der Waals surface area contributed by atoms with E-state index in [2.05, 4.69) is 15.3 Å². The maximum atomic E-state index is 12.2. The summed E-state index contributed by atoms with van der Waals surface area (Å²) < 4.78 is 4.83. The van der Waals surface area contributed by atoms with Crippen LogP contribution in [-0.2, 0) is 4.74 Å². The highest BCUT2D eigenvalue weighted by Crippen LogP contribution is 2.05. The molecule has 0 fully saturated rings. The molecule has 1 aromatic heterocycles. The summed E-state index contributed by atoms with van der Waals surface area (Å²) in [6, 6.07) is 0. The van der Waals surface area contributed by atoms with Crippen molar-refractivity contribution in [2.24, 2.45) is 0 Å². The Balaban J connectivity index is 2.66. The number of nitrogens with zero attached hydrogens (tertiary/aromatic N) is 3. The molecule has 112 valence electrons. The molecule has 0 aromatic carbocycles. The molecule has 1 atom stereocenters. The van der Waals surface area contributed by atoms with E-state index in [1.807, 2.05) is 6.92 Å². The van der Waals surface area contributed by atoms with E-state index in [1.165, 1.54) is 18.2 Å². The van der Waals surface area contributed by atoms with Gasteiger partial charge in [0.2, 0.25) is 0 Å². The molecule has 1 heterocycles. The van der Waals surface area contributed by atoms with Gasteiger partial charge in [-0.1, -0.05) is 6.92 Å². The summed E-state index contributed by atoms with van der Waals surface area (Å²) in [6.45, 7) is 3.18. The molecule has 0 saturated carbocycles. The minimum atomic E-state index is -0.719. The summed E-state index contributed by atoms with van der Waals surface area (Å²) in [5, 5.41) is 12.7. The second-order valence-corrected chi connectivity index (χ2v) is 4.51. The molecule has 2 N–H and O–H groups in total. The Bertz CT molecular complexity index is 428. The van der Waals surface area contributed by atoms with Crippen molar-refractivity contribution in [2.45, 2.75) is 19.4 Å². The van der Waals surface area contributed by atoms with Crippen LogP contribution in [0.2, 0.25) is 0 Å². The monoisotopic (exact) mass is 282 g/mol. The number of likely N-dealkylation sites (N-methyl/N-ethyl adjacent to an activating group) is 1. The minimum absolute atomic E-state index is 0.182. The first-order valence-electron chi connectivity index (χ1n) is 6.56. The van der Waals surface area contributed by atoms with Crippen molar-refractivity contribution in [3.8, 4) is 0 Å². The fourth-order valence-electron chi connectivity index (χ4n) is 1.65. The van der Waals surface area contributed by atoms with E-state index < -0.39 is 6.10 Å². The summed E-state index contributed by atoms with van der Waals surface area (Å²) in [6.07, 6.45) is 3.23.